The zero-order valence-corrected chi connectivity index (χ0v) is 24.8. The third-order valence-electron chi connectivity index (χ3n) is 7.50. The van der Waals surface area contributed by atoms with E-state index >= 15 is 0 Å². The lowest BCUT2D eigenvalue weighted by atomic mass is 10.1. The van der Waals surface area contributed by atoms with Gasteiger partial charge in [-0.1, -0.05) is 62.2 Å². The number of aryl methyl sites for hydroxylation is 1. The topological polar surface area (TPSA) is 96.0 Å². The molecule has 1 saturated carbocycles. The number of carbonyl (C=O) groups is 2. The van der Waals surface area contributed by atoms with Gasteiger partial charge in [0.15, 0.2) is 0 Å². The van der Waals surface area contributed by atoms with Crippen molar-refractivity contribution in [2.75, 3.05) is 18.0 Å². The molecule has 1 aliphatic carbocycles. The first-order chi connectivity index (χ1) is 19.7. The van der Waals surface area contributed by atoms with E-state index in [0.29, 0.717) is 17.9 Å². The van der Waals surface area contributed by atoms with Gasteiger partial charge in [-0.25, -0.2) is 8.42 Å². The van der Waals surface area contributed by atoms with E-state index in [9.17, 15) is 18.0 Å². The van der Waals surface area contributed by atoms with Crippen LogP contribution in [-0.4, -0.2) is 50.9 Å². The summed E-state index contributed by atoms with van der Waals surface area (Å²) in [6, 6.07) is 21.8. The Morgan fingerprint density at radius 2 is 1.66 bits per heavy atom. The number of hydrogen-bond donors (Lipinski definition) is 1. The minimum Gasteiger partial charge on any atom is -0.497 e. The lowest BCUT2D eigenvalue weighted by Gasteiger charge is -2.34. The molecule has 4 rings (SSSR count). The number of anilines is 1. The van der Waals surface area contributed by atoms with Crippen LogP contribution in [0, 0.1) is 6.92 Å². The highest BCUT2D eigenvalue weighted by molar-refractivity contribution is 7.92. The van der Waals surface area contributed by atoms with Gasteiger partial charge in [-0.2, -0.15) is 0 Å². The Kier molecular flexibility index (Phi) is 10.0. The number of rotatable bonds is 12. The van der Waals surface area contributed by atoms with Gasteiger partial charge < -0.3 is 15.0 Å². The second-order valence-corrected chi connectivity index (χ2v) is 12.3. The first-order valence-electron chi connectivity index (χ1n) is 14.1. The van der Waals surface area contributed by atoms with E-state index in [1.807, 2.05) is 32.0 Å². The SMILES string of the molecule is CCC(C(=O)NC1CCCC1)N(Cc1ccc(OC)cc1)C(=O)CN(c1cccc(C)c1)S(=O)(=O)c1ccccc1. The standard InChI is InChI=1S/C32H39N3O5S/c1-4-30(32(37)33-26-12-8-9-13-26)34(22-25-17-19-28(40-3)20-18-25)31(36)23-35(27-14-10-11-24(2)21-27)41(38,39)29-15-6-5-7-16-29/h5-7,10-11,14-21,26,30H,4,8-9,12-13,22-23H2,1-3H3,(H,33,37). The van der Waals surface area contributed by atoms with Crippen LogP contribution >= 0.6 is 0 Å². The zero-order chi connectivity index (χ0) is 29.4. The highest BCUT2D eigenvalue weighted by atomic mass is 32.2. The van der Waals surface area contributed by atoms with Gasteiger partial charge in [-0.3, -0.25) is 13.9 Å². The molecule has 0 aromatic heterocycles. The Morgan fingerprint density at radius 3 is 2.27 bits per heavy atom. The molecule has 1 atom stereocenters. The molecule has 1 unspecified atom stereocenters. The summed E-state index contributed by atoms with van der Waals surface area (Å²) in [5, 5.41) is 3.13. The van der Waals surface area contributed by atoms with Crippen LogP contribution in [0.3, 0.4) is 0 Å². The highest BCUT2D eigenvalue weighted by Gasteiger charge is 2.34. The average molecular weight is 578 g/mol. The normalized spacial score (nSPS) is 14.3. The molecule has 2 amide bonds. The van der Waals surface area contributed by atoms with Crippen LogP contribution in [0.2, 0.25) is 0 Å². The summed E-state index contributed by atoms with van der Waals surface area (Å²) in [5.41, 5.74) is 2.05. The summed E-state index contributed by atoms with van der Waals surface area (Å²) in [7, 11) is -2.50. The maximum absolute atomic E-state index is 14.2. The van der Waals surface area contributed by atoms with E-state index in [0.717, 1.165) is 41.1 Å². The van der Waals surface area contributed by atoms with Gasteiger partial charge in [0, 0.05) is 12.6 Å². The van der Waals surface area contributed by atoms with Crippen molar-refractivity contribution in [3.63, 3.8) is 0 Å². The predicted molar refractivity (Wildman–Crippen MR) is 160 cm³/mol. The summed E-state index contributed by atoms with van der Waals surface area (Å²) < 4.78 is 34.2. The fourth-order valence-electron chi connectivity index (χ4n) is 5.25. The van der Waals surface area contributed by atoms with Crippen molar-refractivity contribution in [3.8, 4) is 5.75 Å². The molecule has 0 heterocycles. The van der Waals surface area contributed by atoms with E-state index in [-0.39, 0.29) is 23.4 Å². The molecule has 41 heavy (non-hydrogen) atoms. The van der Waals surface area contributed by atoms with Crippen molar-refractivity contribution in [1.82, 2.24) is 10.2 Å². The minimum absolute atomic E-state index is 0.0852. The third-order valence-corrected chi connectivity index (χ3v) is 9.29. The molecule has 1 aliphatic rings. The fraction of sp³-hybridized carbons (Fsp3) is 0.375. The number of methoxy groups -OCH3 is 1. The molecule has 3 aromatic rings. The lowest BCUT2D eigenvalue weighted by Crippen LogP contribution is -2.53. The van der Waals surface area contributed by atoms with Crippen molar-refractivity contribution in [2.24, 2.45) is 0 Å². The molecule has 0 aliphatic heterocycles. The van der Waals surface area contributed by atoms with Crippen molar-refractivity contribution < 1.29 is 22.7 Å². The molecule has 218 valence electrons. The molecule has 0 bridgehead atoms. The van der Waals surface area contributed by atoms with Crippen LogP contribution < -0.4 is 14.4 Å². The largest absolute Gasteiger partial charge is 0.497 e. The van der Waals surface area contributed by atoms with E-state index in [1.165, 1.54) is 17.0 Å². The van der Waals surface area contributed by atoms with Crippen molar-refractivity contribution in [1.29, 1.82) is 0 Å². The molecule has 9 heteroatoms. The van der Waals surface area contributed by atoms with Gasteiger partial charge in [0.05, 0.1) is 17.7 Å². The van der Waals surface area contributed by atoms with Crippen LogP contribution in [0.4, 0.5) is 5.69 Å². The minimum atomic E-state index is -4.08. The quantitative estimate of drug-likeness (QED) is 0.325. The van der Waals surface area contributed by atoms with Crippen LogP contribution in [-0.2, 0) is 26.2 Å². The van der Waals surface area contributed by atoms with Crippen molar-refractivity contribution in [2.45, 2.75) is 69.5 Å². The van der Waals surface area contributed by atoms with Crippen molar-refractivity contribution >= 4 is 27.5 Å². The molecule has 3 aromatic carbocycles. The summed E-state index contributed by atoms with van der Waals surface area (Å²) in [4.78, 5) is 29.3. The van der Waals surface area contributed by atoms with Gasteiger partial charge in [-0.05, 0) is 73.7 Å². The Bertz CT molecular complexity index is 1420. The van der Waals surface area contributed by atoms with Crippen LogP contribution in [0.25, 0.3) is 0 Å². The molecule has 0 spiro atoms. The number of nitrogens with one attached hydrogen (secondary N) is 1. The van der Waals surface area contributed by atoms with Crippen molar-refractivity contribution in [3.05, 3.63) is 90.0 Å². The Balaban J connectivity index is 1.70. The first kappa shape index (κ1) is 30.1. The first-order valence-corrected chi connectivity index (χ1v) is 15.5. The van der Waals surface area contributed by atoms with Crippen LogP contribution in [0.5, 0.6) is 5.75 Å². The number of benzene rings is 3. The van der Waals surface area contributed by atoms with E-state index in [4.69, 9.17) is 4.74 Å². The molecule has 8 nitrogen and oxygen atoms in total. The Labute approximate surface area is 243 Å². The maximum Gasteiger partial charge on any atom is 0.264 e. The fourth-order valence-corrected chi connectivity index (χ4v) is 6.67. The summed E-state index contributed by atoms with van der Waals surface area (Å²) in [6.45, 7) is 3.43. The summed E-state index contributed by atoms with van der Waals surface area (Å²) >= 11 is 0. The Hall–Kier alpha value is -3.85. The lowest BCUT2D eigenvalue weighted by molar-refractivity contribution is -0.140. The average Bonchev–Trinajstić information content (AvgIpc) is 3.49. The molecule has 1 fully saturated rings. The van der Waals surface area contributed by atoms with E-state index in [1.54, 1.807) is 55.6 Å². The van der Waals surface area contributed by atoms with E-state index < -0.39 is 28.5 Å². The third kappa shape index (κ3) is 7.47. The molecular weight excluding hydrogens is 538 g/mol. The van der Waals surface area contributed by atoms with Gasteiger partial charge in [0.2, 0.25) is 11.8 Å². The molecule has 1 N–H and O–H groups in total. The molecule has 0 radical (unpaired) electrons. The number of ether oxygens (including phenoxy) is 1. The van der Waals surface area contributed by atoms with Crippen LogP contribution in [0.1, 0.15) is 50.2 Å². The van der Waals surface area contributed by atoms with Gasteiger partial charge in [0.1, 0.15) is 18.3 Å². The molecular formula is C32H39N3O5S. The second-order valence-electron chi connectivity index (χ2n) is 10.4. The monoisotopic (exact) mass is 577 g/mol. The second kappa shape index (κ2) is 13.7. The predicted octanol–water partition coefficient (Wildman–Crippen LogP) is 5.07. The number of amides is 2. The summed E-state index contributed by atoms with van der Waals surface area (Å²) in [6.07, 6.45) is 4.37. The van der Waals surface area contributed by atoms with Gasteiger partial charge in [-0.15, -0.1) is 0 Å². The Morgan fingerprint density at radius 1 is 0.976 bits per heavy atom. The number of carbonyl (C=O) groups excluding carboxylic acids is 2. The highest BCUT2D eigenvalue weighted by Crippen LogP contribution is 2.26. The zero-order valence-electron chi connectivity index (χ0n) is 24.0. The maximum atomic E-state index is 14.2. The number of sulfonamides is 1. The van der Waals surface area contributed by atoms with Crippen LogP contribution in [0.15, 0.2) is 83.8 Å². The van der Waals surface area contributed by atoms with E-state index in [2.05, 4.69) is 5.32 Å². The summed E-state index contributed by atoms with van der Waals surface area (Å²) in [5.74, 6) is 0.00163. The number of hydrogen-bond acceptors (Lipinski definition) is 5. The molecule has 0 saturated heterocycles. The van der Waals surface area contributed by atoms with Gasteiger partial charge >= 0.3 is 0 Å². The number of nitrogens with zero attached hydrogens (tertiary/aromatic N) is 2. The van der Waals surface area contributed by atoms with Gasteiger partial charge in [0.25, 0.3) is 10.0 Å². The smallest absolute Gasteiger partial charge is 0.264 e.